The predicted molar refractivity (Wildman–Crippen MR) is 92.9 cm³/mol. The molecule has 4 nitrogen and oxygen atoms in total. The predicted octanol–water partition coefficient (Wildman–Crippen LogP) is 2.38. The van der Waals surface area contributed by atoms with Crippen LogP contribution < -0.4 is 10.2 Å². The molecule has 1 saturated carbocycles. The zero-order chi connectivity index (χ0) is 15.9. The average molecular weight is 334 g/mol. The highest BCUT2D eigenvalue weighted by Crippen LogP contribution is 2.59. The van der Waals surface area contributed by atoms with Gasteiger partial charge < -0.3 is 15.1 Å². The van der Waals surface area contributed by atoms with E-state index in [2.05, 4.69) is 21.2 Å². The van der Waals surface area contributed by atoms with Gasteiger partial charge in [-0.3, -0.25) is 4.79 Å². The summed E-state index contributed by atoms with van der Waals surface area (Å²) < 4.78 is 0. The molecule has 1 unspecified atom stereocenters. The zero-order valence-corrected chi connectivity index (χ0v) is 14.2. The van der Waals surface area contributed by atoms with E-state index in [-0.39, 0.29) is 5.92 Å². The first kappa shape index (κ1) is 15.3. The van der Waals surface area contributed by atoms with Crippen LogP contribution in [0.4, 0.5) is 5.69 Å². The monoisotopic (exact) mass is 333 g/mol. The van der Waals surface area contributed by atoms with Crippen molar-refractivity contribution in [2.75, 3.05) is 44.2 Å². The third kappa shape index (κ3) is 2.83. The number of anilines is 1. The maximum Gasteiger partial charge on any atom is 0.226 e. The van der Waals surface area contributed by atoms with Crippen LogP contribution in [0.1, 0.15) is 19.3 Å². The number of para-hydroxylation sites is 1. The quantitative estimate of drug-likeness (QED) is 0.902. The van der Waals surface area contributed by atoms with E-state index < -0.39 is 0 Å². The molecule has 5 heteroatoms. The van der Waals surface area contributed by atoms with Gasteiger partial charge in [0.1, 0.15) is 0 Å². The van der Waals surface area contributed by atoms with Crippen LogP contribution in [0.2, 0.25) is 5.02 Å². The van der Waals surface area contributed by atoms with Crippen LogP contribution in [0.25, 0.3) is 0 Å². The second-order valence-electron chi connectivity index (χ2n) is 7.13. The summed E-state index contributed by atoms with van der Waals surface area (Å²) in [5.41, 5.74) is 1.42. The van der Waals surface area contributed by atoms with Gasteiger partial charge in [-0.2, -0.15) is 0 Å². The molecular formula is C18H24ClN3O. The van der Waals surface area contributed by atoms with Crippen LogP contribution in [0, 0.1) is 11.3 Å². The third-order valence-corrected chi connectivity index (χ3v) is 6.19. The molecule has 0 radical (unpaired) electrons. The second-order valence-corrected chi connectivity index (χ2v) is 7.54. The fourth-order valence-electron chi connectivity index (χ4n) is 4.27. The molecule has 0 bridgehead atoms. The van der Waals surface area contributed by atoms with Gasteiger partial charge in [0, 0.05) is 32.1 Å². The lowest BCUT2D eigenvalue weighted by Gasteiger charge is -2.37. The summed E-state index contributed by atoms with van der Waals surface area (Å²) in [7, 11) is 0. The zero-order valence-electron chi connectivity index (χ0n) is 13.4. The Labute approximate surface area is 142 Å². The summed E-state index contributed by atoms with van der Waals surface area (Å²) >= 11 is 6.29. The van der Waals surface area contributed by atoms with Crippen LogP contribution in [0.5, 0.6) is 0 Å². The molecule has 1 aromatic rings. The fraction of sp³-hybridized carbons (Fsp3) is 0.611. The van der Waals surface area contributed by atoms with E-state index in [1.807, 2.05) is 18.2 Å². The van der Waals surface area contributed by atoms with Gasteiger partial charge in [-0.05, 0) is 49.9 Å². The van der Waals surface area contributed by atoms with Gasteiger partial charge in [0.2, 0.25) is 5.91 Å². The van der Waals surface area contributed by atoms with Crippen molar-refractivity contribution in [1.82, 2.24) is 10.2 Å². The number of nitrogens with one attached hydrogen (secondary N) is 1. The molecule has 2 aliphatic heterocycles. The number of amides is 1. The maximum atomic E-state index is 12.8. The Morgan fingerprint density at radius 2 is 1.83 bits per heavy atom. The standard InChI is InChI=1S/C18H24ClN3O/c19-15-3-1-2-4-16(15)21-9-11-22(12-10-21)17(23)14-13-18(14)5-7-20-8-6-18/h1-4,14,20H,5-13H2. The SMILES string of the molecule is O=C(C1CC12CCNCC2)N1CCN(c2ccccc2Cl)CC1. The van der Waals surface area contributed by atoms with Gasteiger partial charge in [-0.25, -0.2) is 0 Å². The van der Waals surface area contributed by atoms with E-state index >= 15 is 0 Å². The molecule has 23 heavy (non-hydrogen) atoms. The lowest BCUT2D eigenvalue weighted by molar-refractivity contribution is -0.133. The Bertz CT molecular complexity index is 592. The van der Waals surface area contributed by atoms with Crippen molar-refractivity contribution in [3.05, 3.63) is 29.3 Å². The molecule has 1 atom stereocenters. The van der Waals surface area contributed by atoms with Crippen LogP contribution >= 0.6 is 11.6 Å². The van der Waals surface area contributed by atoms with E-state index in [1.165, 1.54) is 12.8 Å². The van der Waals surface area contributed by atoms with Crippen LogP contribution in [-0.2, 0) is 4.79 Å². The number of nitrogens with zero attached hydrogens (tertiary/aromatic N) is 2. The second kappa shape index (κ2) is 5.99. The van der Waals surface area contributed by atoms with E-state index in [9.17, 15) is 4.79 Å². The van der Waals surface area contributed by atoms with Crippen LogP contribution in [0.15, 0.2) is 24.3 Å². The minimum Gasteiger partial charge on any atom is -0.367 e. The first-order valence-corrected chi connectivity index (χ1v) is 9.06. The number of halogens is 1. The summed E-state index contributed by atoms with van der Waals surface area (Å²) in [6.45, 7) is 5.52. The highest BCUT2D eigenvalue weighted by molar-refractivity contribution is 6.33. The van der Waals surface area contributed by atoms with Gasteiger partial charge in [0.25, 0.3) is 0 Å². The maximum absolute atomic E-state index is 12.8. The first-order chi connectivity index (χ1) is 11.2. The van der Waals surface area contributed by atoms with Crippen molar-refractivity contribution >= 4 is 23.2 Å². The van der Waals surface area contributed by atoms with E-state index in [4.69, 9.17) is 11.6 Å². The molecule has 0 aromatic heterocycles. The largest absolute Gasteiger partial charge is 0.367 e. The summed E-state index contributed by atoms with van der Waals surface area (Å²) in [5.74, 6) is 0.683. The van der Waals surface area contributed by atoms with Crippen molar-refractivity contribution < 1.29 is 4.79 Å². The Kier molecular flexibility index (Phi) is 3.98. The van der Waals surface area contributed by atoms with Gasteiger partial charge in [-0.1, -0.05) is 23.7 Å². The van der Waals surface area contributed by atoms with Crippen molar-refractivity contribution in [3.63, 3.8) is 0 Å². The minimum atomic E-state index is 0.288. The third-order valence-electron chi connectivity index (χ3n) is 5.87. The summed E-state index contributed by atoms with van der Waals surface area (Å²) in [6, 6.07) is 7.96. The number of carbonyl (C=O) groups is 1. The lowest BCUT2D eigenvalue weighted by atomic mass is 9.91. The molecule has 1 amide bonds. The van der Waals surface area contributed by atoms with E-state index in [0.29, 0.717) is 11.3 Å². The smallest absolute Gasteiger partial charge is 0.226 e. The molecule has 2 heterocycles. The number of rotatable bonds is 2. The normalized spacial score (nSPS) is 26.4. The first-order valence-electron chi connectivity index (χ1n) is 8.69. The summed E-state index contributed by atoms with van der Waals surface area (Å²) in [5, 5.41) is 4.20. The number of carbonyl (C=O) groups excluding carboxylic acids is 1. The Balaban J connectivity index is 1.35. The topological polar surface area (TPSA) is 35.6 Å². The van der Waals surface area contributed by atoms with E-state index in [0.717, 1.165) is 56.4 Å². The molecule has 4 rings (SSSR count). The van der Waals surface area contributed by atoms with Crippen LogP contribution in [-0.4, -0.2) is 50.1 Å². The molecule has 1 aromatic carbocycles. The number of benzene rings is 1. The average Bonchev–Trinajstić information content (AvgIpc) is 3.28. The highest BCUT2D eigenvalue weighted by Gasteiger charge is 2.58. The number of hydrogen-bond acceptors (Lipinski definition) is 3. The highest BCUT2D eigenvalue weighted by atomic mass is 35.5. The van der Waals surface area contributed by atoms with Crippen molar-refractivity contribution in [3.8, 4) is 0 Å². The van der Waals surface area contributed by atoms with Crippen LogP contribution in [0.3, 0.4) is 0 Å². The van der Waals surface area contributed by atoms with Gasteiger partial charge >= 0.3 is 0 Å². The molecule has 124 valence electrons. The number of piperidine rings is 1. The molecule has 3 aliphatic rings. The van der Waals surface area contributed by atoms with Crippen molar-refractivity contribution in [2.45, 2.75) is 19.3 Å². The van der Waals surface area contributed by atoms with Crippen molar-refractivity contribution in [2.24, 2.45) is 11.3 Å². The minimum absolute atomic E-state index is 0.288. The van der Waals surface area contributed by atoms with Crippen molar-refractivity contribution in [1.29, 1.82) is 0 Å². The number of piperazine rings is 1. The molecule has 1 aliphatic carbocycles. The number of hydrogen-bond donors (Lipinski definition) is 1. The molecule has 1 spiro atoms. The Hall–Kier alpha value is -1.26. The Morgan fingerprint density at radius 3 is 2.52 bits per heavy atom. The molecule has 1 N–H and O–H groups in total. The van der Waals surface area contributed by atoms with E-state index in [1.54, 1.807) is 0 Å². The molecular weight excluding hydrogens is 310 g/mol. The summed E-state index contributed by atoms with van der Waals surface area (Å²) in [6.07, 6.45) is 3.45. The van der Waals surface area contributed by atoms with Gasteiger partial charge in [-0.15, -0.1) is 0 Å². The summed E-state index contributed by atoms with van der Waals surface area (Å²) in [4.78, 5) is 17.2. The molecule has 3 fully saturated rings. The fourth-order valence-corrected chi connectivity index (χ4v) is 4.53. The Morgan fingerprint density at radius 1 is 1.13 bits per heavy atom. The molecule has 2 saturated heterocycles. The van der Waals surface area contributed by atoms with Gasteiger partial charge in [0.15, 0.2) is 0 Å². The lowest BCUT2D eigenvalue weighted by Crippen LogP contribution is -2.50. The van der Waals surface area contributed by atoms with Gasteiger partial charge in [0.05, 0.1) is 10.7 Å².